The van der Waals surface area contributed by atoms with Crippen molar-refractivity contribution >= 4 is 45.0 Å². The van der Waals surface area contributed by atoms with Gasteiger partial charge in [0.25, 0.3) is 0 Å². The average molecular weight is 453 g/mol. The van der Waals surface area contributed by atoms with Gasteiger partial charge in [-0.15, -0.1) is 0 Å². The Labute approximate surface area is 171 Å². The fourth-order valence-corrected chi connectivity index (χ4v) is 2.52. The van der Waals surface area contributed by atoms with Gasteiger partial charge in [-0.2, -0.15) is 0 Å². The molecule has 0 saturated heterocycles. The van der Waals surface area contributed by atoms with Gasteiger partial charge in [-0.25, -0.2) is 9.18 Å². The molecular weight excluding hydrogens is 431 g/mol. The van der Waals surface area contributed by atoms with Gasteiger partial charge in [-0.3, -0.25) is 9.78 Å². The minimum absolute atomic E-state index is 0.345. The molecule has 2 aromatic rings. The first kappa shape index (κ1) is 21.6. The molecule has 1 aromatic carbocycles. The predicted octanol–water partition coefficient (Wildman–Crippen LogP) is 4.58. The maximum absolute atomic E-state index is 13.7. The molecule has 0 saturated carbocycles. The molecule has 0 fully saturated rings. The van der Waals surface area contributed by atoms with E-state index in [-0.39, 0.29) is 0 Å². The first-order valence-corrected chi connectivity index (χ1v) is 9.30. The molecule has 0 radical (unpaired) electrons. The van der Waals surface area contributed by atoms with Crippen LogP contribution in [-0.2, 0) is 9.53 Å². The van der Waals surface area contributed by atoms with Gasteiger partial charge in [0.05, 0.1) is 23.3 Å². The van der Waals surface area contributed by atoms with E-state index in [0.29, 0.717) is 17.1 Å². The molecule has 0 aliphatic rings. The number of nitrogens with zero attached hydrogens (tertiary/aromatic N) is 1. The molecule has 1 aromatic heterocycles. The van der Waals surface area contributed by atoms with Gasteiger partial charge < -0.3 is 20.7 Å². The maximum Gasteiger partial charge on any atom is 0.408 e. The second-order valence-corrected chi connectivity index (χ2v) is 7.98. The van der Waals surface area contributed by atoms with Crippen LogP contribution in [0.25, 0.3) is 0 Å². The molecule has 1 atom stereocenters. The van der Waals surface area contributed by atoms with Gasteiger partial charge in [0, 0.05) is 10.7 Å². The first-order valence-electron chi connectivity index (χ1n) is 8.51. The molecule has 0 unspecified atom stereocenters. The van der Waals surface area contributed by atoms with E-state index in [1.54, 1.807) is 39.2 Å². The minimum atomic E-state index is -0.861. The molecule has 0 bridgehead atoms. The van der Waals surface area contributed by atoms with E-state index in [1.165, 1.54) is 25.1 Å². The van der Waals surface area contributed by atoms with Crippen LogP contribution in [-0.4, -0.2) is 28.6 Å². The zero-order valence-corrected chi connectivity index (χ0v) is 17.6. The number of benzene rings is 1. The third-order valence-electron chi connectivity index (χ3n) is 3.35. The van der Waals surface area contributed by atoms with Gasteiger partial charge in [-0.05, 0) is 67.9 Å². The number of pyridine rings is 1. The zero-order valence-electron chi connectivity index (χ0n) is 16.0. The molecule has 150 valence electrons. The maximum atomic E-state index is 13.7. The fourth-order valence-electron chi connectivity index (χ4n) is 2.16. The number of rotatable bonds is 5. The topological polar surface area (TPSA) is 92.3 Å². The van der Waals surface area contributed by atoms with Crippen molar-refractivity contribution in [3.8, 4) is 0 Å². The summed E-state index contributed by atoms with van der Waals surface area (Å²) in [6.45, 7) is 6.70. The van der Waals surface area contributed by atoms with E-state index >= 15 is 0 Å². The van der Waals surface area contributed by atoms with Gasteiger partial charge in [0.2, 0.25) is 5.91 Å². The van der Waals surface area contributed by atoms with Crippen LogP contribution in [0.5, 0.6) is 0 Å². The third kappa shape index (κ3) is 6.80. The zero-order chi connectivity index (χ0) is 20.9. The molecule has 0 spiro atoms. The van der Waals surface area contributed by atoms with E-state index in [4.69, 9.17) is 4.74 Å². The number of alkyl carbamates (subject to hydrolysis) is 1. The highest BCUT2D eigenvalue weighted by atomic mass is 79.9. The first-order chi connectivity index (χ1) is 13.0. The van der Waals surface area contributed by atoms with Crippen LogP contribution in [0.2, 0.25) is 0 Å². The second-order valence-electron chi connectivity index (χ2n) is 7.06. The highest BCUT2D eigenvalue weighted by Crippen LogP contribution is 2.27. The highest BCUT2D eigenvalue weighted by Gasteiger charge is 2.21. The molecule has 0 aliphatic carbocycles. The summed E-state index contributed by atoms with van der Waals surface area (Å²) in [6, 6.07) is 4.81. The van der Waals surface area contributed by atoms with Crippen LogP contribution >= 0.6 is 15.9 Å². The highest BCUT2D eigenvalue weighted by molar-refractivity contribution is 9.10. The number of hydrogen-bond acceptors (Lipinski definition) is 5. The molecule has 2 rings (SSSR count). The van der Waals surface area contributed by atoms with Crippen molar-refractivity contribution in [2.45, 2.75) is 39.3 Å². The fraction of sp³-hybridized carbons (Fsp3) is 0.316. The molecule has 0 aliphatic heterocycles. The van der Waals surface area contributed by atoms with Crippen LogP contribution in [0.3, 0.4) is 0 Å². The Balaban J connectivity index is 2.10. The van der Waals surface area contributed by atoms with E-state index in [1.807, 2.05) is 0 Å². The SMILES string of the molecule is C[C@H](NC(=O)OC(C)(C)C)C(=O)Nc1ccc(F)cc1Nc1cncc(Br)c1. The lowest BCUT2D eigenvalue weighted by atomic mass is 10.2. The molecule has 28 heavy (non-hydrogen) atoms. The Kier molecular flexibility index (Phi) is 6.95. The van der Waals surface area contributed by atoms with Crippen LogP contribution in [0, 0.1) is 5.82 Å². The number of anilines is 3. The smallest absolute Gasteiger partial charge is 0.408 e. The predicted molar refractivity (Wildman–Crippen MR) is 109 cm³/mol. The molecule has 7 nitrogen and oxygen atoms in total. The molecule has 9 heteroatoms. The molecule has 1 heterocycles. The number of nitrogens with one attached hydrogen (secondary N) is 3. The second kappa shape index (κ2) is 9.01. The van der Waals surface area contributed by atoms with Crippen molar-refractivity contribution in [2.24, 2.45) is 0 Å². The quantitative estimate of drug-likeness (QED) is 0.617. The number of halogens is 2. The number of amides is 2. The van der Waals surface area contributed by atoms with Gasteiger partial charge in [0.1, 0.15) is 17.5 Å². The van der Waals surface area contributed by atoms with Crippen molar-refractivity contribution in [3.63, 3.8) is 0 Å². The van der Waals surface area contributed by atoms with E-state index in [9.17, 15) is 14.0 Å². The Morgan fingerprint density at radius 2 is 1.89 bits per heavy atom. The number of carbonyl (C=O) groups excluding carboxylic acids is 2. The molecule has 3 N–H and O–H groups in total. The summed E-state index contributed by atoms with van der Waals surface area (Å²) in [4.78, 5) is 28.3. The summed E-state index contributed by atoms with van der Waals surface area (Å²) >= 11 is 3.31. The van der Waals surface area contributed by atoms with Crippen LogP contribution in [0.4, 0.5) is 26.2 Å². The minimum Gasteiger partial charge on any atom is -0.444 e. The Hall–Kier alpha value is -2.68. The Morgan fingerprint density at radius 1 is 1.18 bits per heavy atom. The van der Waals surface area contributed by atoms with Crippen molar-refractivity contribution in [3.05, 3.63) is 46.9 Å². The Bertz CT molecular complexity index is 870. The lowest BCUT2D eigenvalue weighted by Crippen LogP contribution is -2.44. The van der Waals surface area contributed by atoms with E-state index in [2.05, 4.69) is 36.9 Å². The van der Waals surface area contributed by atoms with E-state index in [0.717, 1.165) is 4.47 Å². The monoisotopic (exact) mass is 452 g/mol. The van der Waals surface area contributed by atoms with E-state index < -0.39 is 29.5 Å². The van der Waals surface area contributed by atoms with Crippen molar-refractivity contribution in [2.75, 3.05) is 10.6 Å². The molecular formula is C19H22BrFN4O3. The summed E-state index contributed by atoms with van der Waals surface area (Å²) in [5.74, 6) is -0.948. The summed E-state index contributed by atoms with van der Waals surface area (Å²) in [5, 5.41) is 8.14. The third-order valence-corrected chi connectivity index (χ3v) is 3.78. The van der Waals surface area contributed by atoms with Crippen LogP contribution in [0.15, 0.2) is 41.1 Å². The number of hydrogen-bond donors (Lipinski definition) is 3. The number of ether oxygens (including phenoxy) is 1. The summed E-state index contributed by atoms with van der Waals surface area (Å²) in [5.41, 5.74) is 0.629. The summed E-state index contributed by atoms with van der Waals surface area (Å²) in [6.07, 6.45) is 2.48. The van der Waals surface area contributed by atoms with Gasteiger partial charge in [0.15, 0.2) is 0 Å². The average Bonchev–Trinajstić information content (AvgIpc) is 2.55. The van der Waals surface area contributed by atoms with Gasteiger partial charge in [-0.1, -0.05) is 0 Å². The number of aromatic nitrogens is 1. The van der Waals surface area contributed by atoms with Crippen molar-refractivity contribution < 1.29 is 18.7 Å². The van der Waals surface area contributed by atoms with Crippen molar-refractivity contribution in [1.82, 2.24) is 10.3 Å². The van der Waals surface area contributed by atoms with Crippen LogP contribution < -0.4 is 16.0 Å². The molecule has 2 amide bonds. The summed E-state index contributed by atoms with van der Waals surface area (Å²) < 4.78 is 19.6. The van der Waals surface area contributed by atoms with Crippen LogP contribution in [0.1, 0.15) is 27.7 Å². The largest absolute Gasteiger partial charge is 0.444 e. The summed E-state index contributed by atoms with van der Waals surface area (Å²) in [7, 11) is 0. The van der Waals surface area contributed by atoms with Crippen molar-refractivity contribution in [1.29, 1.82) is 0 Å². The van der Waals surface area contributed by atoms with Gasteiger partial charge >= 0.3 is 6.09 Å². The Morgan fingerprint density at radius 3 is 2.54 bits per heavy atom. The normalized spacial score (nSPS) is 12.1. The lowest BCUT2D eigenvalue weighted by Gasteiger charge is -2.22. The number of carbonyl (C=O) groups is 2. The lowest BCUT2D eigenvalue weighted by molar-refractivity contribution is -0.117. The standard InChI is InChI=1S/C19H22BrFN4O3/c1-11(23-18(27)28-19(2,3)4)17(26)25-15-6-5-13(21)8-16(15)24-14-7-12(20)9-22-10-14/h5-11,24H,1-4H3,(H,23,27)(H,25,26)/t11-/m0/s1.